The number of hydrogen-bond donors (Lipinski definition) is 1. The molecule has 3 rings (SSSR count). The summed E-state index contributed by atoms with van der Waals surface area (Å²) in [5, 5.41) is 12.6. The third kappa shape index (κ3) is 4.52. The molecule has 1 N–H and O–H groups in total. The Kier molecular flexibility index (Phi) is 5.77. The lowest BCUT2D eigenvalue weighted by atomic mass is 10.1. The molecule has 7 heteroatoms. The maximum Gasteiger partial charge on any atom is 0.257 e. The fraction of sp³-hybridized carbons (Fsp3) is 0.471. The Morgan fingerprint density at radius 2 is 1.96 bits per heavy atom. The van der Waals surface area contributed by atoms with E-state index >= 15 is 0 Å². The summed E-state index contributed by atoms with van der Waals surface area (Å²) in [5.41, 5.74) is 0.570. The zero-order valence-corrected chi connectivity index (χ0v) is 14.6. The van der Waals surface area contributed by atoms with Gasteiger partial charge in [-0.3, -0.25) is 10.1 Å². The molecule has 128 valence electrons. The summed E-state index contributed by atoms with van der Waals surface area (Å²) in [5.74, 6) is 0.541. The Bertz CT molecular complexity index is 665. The lowest BCUT2D eigenvalue weighted by Crippen LogP contribution is -2.31. The molecule has 0 bridgehead atoms. The van der Waals surface area contributed by atoms with E-state index < -0.39 is 0 Å². The minimum atomic E-state index is -0.184. The van der Waals surface area contributed by atoms with Gasteiger partial charge in [0.25, 0.3) is 5.91 Å². The second kappa shape index (κ2) is 8.21. The highest BCUT2D eigenvalue weighted by molar-refractivity contribution is 7.15. The lowest BCUT2D eigenvalue weighted by Gasteiger charge is -2.25. The molecule has 0 saturated carbocycles. The van der Waals surface area contributed by atoms with E-state index in [1.807, 2.05) is 0 Å². The van der Waals surface area contributed by atoms with Gasteiger partial charge in [-0.05, 0) is 50.2 Å². The van der Waals surface area contributed by atoms with Crippen LogP contribution in [0.5, 0.6) is 5.75 Å². The Labute approximate surface area is 145 Å². The molecule has 0 atom stereocenters. The van der Waals surface area contributed by atoms with Crippen LogP contribution in [0.4, 0.5) is 5.13 Å². The summed E-state index contributed by atoms with van der Waals surface area (Å²) in [7, 11) is 1.60. The van der Waals surface area contributed by atoms with Crippen molar-refractivity contribution in [1.29, 1.82) is 0 Å². The number of piperidine rings is 1. The fourth-order valence-electron chi connectivity index (χ4n) is 2.75. The summed E-state index contributed by atoms with van der Waals surface area (Å²) < 4.78 is 5.09. The molecule has 0 radical (unpaired) electrons. The van der Waals surface area contributed by atoms with Gasteiger partial charge >= 0.3 is 0 Å². The smallest absolute Gasteiger partial charge is 0.257 e. The maximum atomic E-state index is 12.2. The van der Waals surface area contributed by atoms with Gasteiger partial charge in [-0.25, -0.2) is 0 Å². The molecule has 1 aliphatic heterocycles. The highest BCUT2D eigenvalue weighted by Gasteiger charge is 2.13. The molecule has 2 aromatic rings. The van der Waals surface area contributed by atoms with E-state index in [9.17, 15) is 4.79 Å². The second-order valence-electron chi connectivity index (χ2n) is 5.84. The van der Waals surface area contributed by atoms with Crippen LogP contribution < -0.4 is 10.1 Å². The molecular weight excluding hydrogens is 324 g/mol. The van der Waals surface area contributed by atoms with Gasteiger partial charge in [0, 0.05) is 18.5 Å². The molecule has 2 heterocycles. The predicted molar refractivity (Wildman–Crippen MR) is 94.9 cm³/mol. The summed E-state index contributed by atoms with van der Waals surface area (Å²) in [4.78, 5) is 14.7. The van der Waals surface area contributed by atoms with Crippen LogP contribution in [-0.2, 0) is 6.42 Å². The lowest BCUT2D eigenvalue weighted by molar-refractivity contribution is 0.102. The highest BCUT2D eigenvalue weighted by Crippen LogP contribution is 2.19. The zero-order chi connectivity index (χ0) is 16.8. The SMILES string of the molecule is COc1ccc(C(=O)Nc2nnc(CCN3CCCCC3)s2)cc1. The first-order chi connectivity index (χ1) is 11.7. The average molecular weight is 346 g/mol. The number of carbonyl (C=O) groups is 1. The van der Waals surface area contributed by atoms with Crippen molar-refractivity contribution in [3.8, 4) is 5.75 Å². The number of nitrogens with one attached hydrogen (secondary N) is 1. The van der Waals surface area contributed by atoms with Crippen molar-refractivity contribution >= 4 is 22.4 Å². The van der Waals surface area contributed by atoms with E-state index in [0.717, 1.165) is 23.7 Å². The normalized spacial score (nSPS) is 15.2. The minimum absolute atomic E-state index is 0.184. The Morgan fingerprint density at radius 1 is 1.21 bits per heavy atom. The van der Waals surface area contributed by atoms with E-state index in [-0.39, 0.29) is 5.91 Å². The first-order valence-corrected chi connectivity index (χ1v) is 9.06. The van der Waals surface area contributed by atoms with Crippen molar-refractivity contribution in [2.24, 2.45) is 0 Å². The van der Waals surface area contributed by atoms with Crippen LogP contribution >= 0.6 is 11.3 Å². The second-order valence-corrected chi connectivity index (χ2v) is 6.90. The zero-order valence-electron chi connectivity index (χ0n) is 13.8. The van der Waals surface area contributed by atoms with Crippen molar-refractivity contribution in [2.45, 2.75) is 25.7 Å². The maximum absolute atomic E-state index is 12.2. The fourth-order valence-corrected chi connectivity index (χ4v) is 3.48. The van der Waals surface area contributed by atoms with Crippen molar-refractivity contribution in [1.82, 2.24) is 15.1 Å². The first-order valence-electron chi connectivity index (χ1n) is 8.25. The van der Waals surface area contributed by atoms with E-state index in [2.05, 4.69) is 20.4 Å². The van der Waals surface area contributed by atoms with Crippen molar-refractivity contribution < 1.29 is 9.53 Å². The molecule has 6 nitrogen and oxygen atoms in total. The van der Waals surface area contributed by atoms with Crippen LogP contribution in [0.3, 0.4) is 0 Å². The van der Waals surface area contributed by atoms with Gasteiger partial charge in [0.05, 0.1) is 7.11 Å². The number of likely N-dealkylation sites (tertiary alicyclic amines) is 1. The monoisotopic (exact) mass is 346 g/mol. The number of ether oxygens (including phenoxy) is 1. The van der Waals surface area contributed by atoms with Crippen LogP contribution in [0, 0.1) is 0 Å². The number of aromatic nitrogens is 2. The topological polar surface area (TPSA) is 67.3 Å². The summed E-state index contributed by atoms with van der Waals surface area (Å²) in [6, 6.07) is 6.98. The van der Waals surface area contributed by atoms with Crippen LogP contribution in [0.25, 0.3) is 0 Å². The largest absolute Gasteiger partial charge is 0.497 e. The van der Waals surface area contributed by atoms with Crippen LogP contribution in [-0.4, -0.2) is 47.7 Å². The number of benzene rings is 1. The van der Waals surface area contributed by atoms with Crippen molar-refractivity contribution in [3.05, 3.63) is 34.8 Å². The molecule has 1 saturated heterocycles. The van der Waals surface area contributed by atoms with E-state index in [4.69, 9.17) is 4.74 Å². The van der Waals surface area contributed by atoms with E-state index in [1.165, 1.54) is 43.7 Å². The Hall–Kier alpha value is -1.99. The molecule has 1 fully saturated rings. The molecular formula is C17H22N4O2S. The predicted octanol–water partition coefficient (Wildman–Crippen LogP) is 2.83. The number of rotatable bonds is 6. The van der Waals surface area contributed by atoms with Crippen LogP contribution in [0.15, 0.2) is 24.3 Å². The molecule has 24 heavy (non-hydrogen) atoms. The molecule has 0 unspecified atom stereocenters. The average Bonchev–Trinajstić information content (AvgIpc) is 3.08. The van der Waals surface area contributed by atoms with Gasteiger partial charge in [0.2, 0.25) is 5.13 Å². The highest BCUT2D eigenvalue weighted by atomic mass is 32.1. The quantitative estimate of drug-likeness (QED) is 0.871. The third-order valence-corrected chi connectivity index (χ3v) is 5.03. The summed E-state index contributed by atoms with van der Waals surface area (Å²) in [6.07, 6.45) is 4.81. The number of amides is 1. The van der Waals surface area contributed by atoms with Gasteiger partial charge < -0.3 is 9.64 Å². The first kappa shape index (κ1) is 16.9. The summed E-state index contributed by atoms with van der Waals surface area (Å²) >= 11 is 1.45. The number of anilines is 1. The van der Waals surface area contributed by atoms with Gasteiger partial charge in [0.1, 0.15) is 10.8 Å². The third-order valence-electron chi connectivity index (χ3n) is 4.13. The molecule has 1 aliphatic rings. The Balaban J connectivity index is 1.51. The van der Waals surface area contributed by atoms with Gasteiger partial charge in [-0.15, -0.1) is 10.2 Å². The molecule has 1 amide bonds. The van der Waals surface area contributed by atoms with Gasteiger partial charge in [0.15, 0.2) is 0 Å². The van der Waals surface area contributed by atoms with Gasteiger partial charge in [-0.2, -0.15) is 0 Å². The minimum Gasteiger partial charge on any atom is -0.497 e. The van der Waals surface area contributed by atoms with Crippen LogP contribution in [0.1, 0.15) is 34.6 Å². The molecule has 0 spiro atoms. The summed E-state index contributed by atoms with van der Waals surface area (Å²) in [6.45, 7) is 3.38. The number of carbonyl (C=O) groups excluding carboxylic acids is 1. The number of nitrogens with zero attached hydrogens (tertiary/aromatic N) is 3. The van der Waals surface area contributed by atoms with Crippen LogP contribution in [0.2, 0.25) is 0 Å². The molecule has 1 aromatic carbocycles. The Morgan fingerprint density at radius 3 is 2.67 bits per heavy atom. The molecule has 1 aromatic heterocycles. The number of methoxy groups -OCH3 is 1. The standard InChI is InChI=1S/C17H22N4O2S/c1-23-14-7-5-13(6-8-14)16(22)18-17-20-19-15(24-17)9-12-21-10-3-2-4-11-21/h5-8H,2-4,9-12H2,1H3,(H,18,20,22). The molecule has 0 aliphatic carbocycles. The van der Waals surface area contributed by atoms with E-state index in [1.54, 1.807) is 31.4 Å². The van der Waals surface area contributed by atoms with Crippen molar-refractivity contribution in [2.75, 3.05) is 32.1 Å². The number of hydrogen-bond acceptors (Lipinski definition) is 6. The van der Waals surface area contributed by atoms with Crippen molar-refractivity contribution in [3.63, 3.8) is 0 Å². The van der Waals surface area contributed by atoms with Gasteiger partial charge in [-0.1, -0.05) is 17.8 Å². The van der Waals surface area contributed by atoms with E-state index in [0.29, 0.717) is 10.7 Å².